The standard InChI is InChI=1S/C14H19N3O3/c1-8-7-11(17-13(15-8)14(18)19-2)16-10-5-6-20-12(10)9-3-4-9/h7,9-10,12H,3-6H2,1-2H3,(H,15,16,17). The second-order valence-corrected chi connectivity index (χ2v) is 5.42. The number of nitrogens with one attached hydrogen (secondary N) is 1. The lowest BCUT2D eigenvalue weighted by Crippen LogP contribution is -2.31. The third-order valence-corrected chi connectivity index (χ3v) is 3.78. The maximum Gasteiger partial charge on any atom is 0.376 e. The summed E-state index contributed by atoms with van der Waals surface area (Å²) >= 11 is 0. The zero-order valence-electron chi connectivity index (χ0n) is 11.8. The Morgan fingerprint density at radius 2 is 2.20 bits per heavy atom. The molecular weight excluding hydrogens is 258 g/mol. The van der Waals surface area contributed by atoms with Crippen molar-refractivity contribution in [1.29, 1.82) is 0 Å². The van der Waals surface area contributed by atoms with Crippen LogP contribution in [0.15, 0.2) is 6.07 Å². The summed E-state index contributed by atoms with van der Waals surface area (Å²) in [5.41, 5.74) is 0.741. The van der Waals surface area contributed by atoms with Gasteiger partial charge in [-0.3, -0.25) is 0 Å². The van der Waals surface area contributed by atoms with E-state index in [1.165, 1.54) is 20.0 Å². The van der Waals surface area contributed by atoms with E-state index in [2.05, 4.69) is 20.0 Å². The van der Waals surface area contributed by atoms with Crippen molar-refractivity contribution in [1.82, 2.24) is 9.97 Å². The normalized spacial score (nSPS) is 25.5. The molecule has 1 aliphatic carbocycles. The zero-order chi connectivity index (χ0) is 14.1. The molecule has 6 nitrogen and oxygen atoms in total. The van der Waals surface area contributed by atoms with Crippen molar-refractivity contribution in [3.63, 3.8) is 0 Å². The summed E-state index contributed by atoms with van der Waals surface area (Å²) in [4.78, 5) is 19.9. The fourth-order valence-electron chi connectivity index (χ4n) is 2.67. The third-order valence-electron chi connectivity index (χ3n) is 3.78. The zero-order valence-corrected chi connectivity index (χ0v) is 11.8. The summed E-state index contributed by atoms with van der Waals surface area (Å²) in [6.45, 7) is 2.62. The van der Waals surface area contributed by atoms with Crippen molar-refractivity contribution < 1.29 is 14.3 Å². The maximum absolute atomic E-state index is 11.5. The first-order chi connectivity index (χ1) is 9.67. The molecule has 0 aromatic carbocycles. The van der Waals surface area contributed by atoms with Crippen LogP contribution in [0.5, 0.6) is 0 Å². The van der Waals surface area contributed by atoms with Gasteiger partial charge in [0, 0.05) is 18.4 Å². The van der Waals surface area contributed by atoms with Gasteiger partial charge in [-0.1, -0.05) is 0 Å². The highest BCUT2D eigenvalue weighted by Gasteiger charge is 2.40. The number of hydrogen-bond acceptors (Lipinski definition) is 6. The van der Waals surface area contributed by atoms with Crippen LogP contribution in [0, 0.1) is 12.8 Å². The van der Waals surface area contributed by atoms with Crippen LogP contribution in [0.25, 0.3) is 0 Å². The number of methoxy groups -OCH3 is 1. The van der Waals surface area contributed by atoms with Crippen LogP contribution in [-0.4, -0.2) is 41.8 Å². The first-order valence-corrected chi connectivity index (χ1v) is 6.99. The van der Waals surface area contributed by atoms with Gasteiger partial charge >= 0.3 is 5.97 Å². The van der Waals surface area contributed by atoms with E-state index < -0.39 is 5.97 Å². The first-order valence-electron chi connectivity index (χ1n) is 6.99. The second kappa shape index (κ2) is 5.36. The molecule has 1 saturated heterocycles. The van der Waals surface area contributed by atoms with Crippen molar-refractivity contribution in [3.8, 4) is 0 Å². The highest BCUT2D eigenvalue weighted by molar-refractivity contribution is 5.85. The van der Waals surface area contributed by atoms with Gasteiger partial charge in [0.15, 0.2) is 0 Å². The molecule has 0 bridgehead atoms. The molecule has 2 atom stereocenters. The summed E-state index contributed by atoms with van der Waals surface area (Å²) in [5, 5.41) is 3.39. The van der Waals surface area contributed by atoms with Gasteiger partial charge in [-0.2, -0.15) is 0 Å². The largest absolute Gasteiger partial charge is 0.463 e. The average molecular weight is 277 g/mol. The molecule has 108 valence electrons. The van der Waals surface area contributed by atoms with Crippen LogP contribution in [0.2, 0.25) is 0 Å². The van der Waals surface area contributed by atoms with Crippen LogP contribution >= 0.6 is 0 Å². The Hall–Kier alpha value is -1.69. The molecule has 1 aromatic rings. The number of nitrogens with zero attached hydrogens (tertiary/aromatic N) is 2. The molecule has 1 aliphatic heterocycles. The van der Waals surface area contributed by atoms with E-state index in [1.807, 2.05) is 13.0 Å². The van der Waals surface area contributed by atoms with Crippen LogP contribution < -0.4 is 5.32 Å². The molecule has 0 amide bonds. The summed E-state index contributed by atoms with van der Waals surface area (Å²) < 4.78 is 10.5. The molecule has 6 heteroatoms. The Morgan fingerprint density at radius 3 is 2.90 bits per heavy atom. The molecule has 0 spiro atoms. The monoisotopic (exact) mass is 277 g/mol. The third kappa shape index (κ3) is 2.75. The highest BCUT2D eigenvalue weighted by Crippen LogP contribution is 2.39. The fourth-order valence-corrected chi connectivity index (χ4v) is 2.67. The minimum absolute atomic E-state index is 0.0943. The van der Waals surface area contributed by atoms with Crippen molar-refractivity contribution in [2.24, 2.45) is 5.92 Å². The quantitative estimate of drug-likeness (QED) is 0.842. The van der Waals surface area contributed by atoms with Crippen molar-refractivity contribution in [3.05, 3.63) is 17.6 Å². The number of aromatic nitrogens is 2. The Kier molecular flexibility index (Phi) is 3.56. The van der Waals surface area contributed by atoms with Crippen LogP contribution in [0.4, 0.5) is 5.82 Å². The molecule has 1 N–H and O–H groups in total. The SMILES string of the molecule is COC(=O)c1nc(C)cc(NC2CCOC2C2CC2)n1. The topological polar surface area (TPSA) is 73.3 Å². The first kappa shape index (κ1) is 13.3. The van der Waals surface area contributed by atoms with Crippen LogP contribution in [0.3, 0.4) is 0 Å². The predicted molar refractivity (Wildman–Crippen MR) is 72.6 cm³/mol. The summed E-state index contributed by atoms with van der Waals surface area (Å²) in [6, 6.07) is 2.11. The number of aryl methyl sites for hydroxylation is 1. The van der Waals surface area contributed by atoms with Crippen LogP contribution in [-0.2, 0) is 9.47 Å². The van der Waals surface area contributed by atoms with Crippen molar-refractivity contribution in [2.75, 3.05) is 19.0 Å². The number of esters is 1. The Balaban J connectivity index is 1.76. The second-order valence-electron chi connectivity index (χ2n) is 5.42. The van der Waals surface area contributed by atoms with Gasteiger partial charge in [0.25, 0.3) is 0 Å². The molecule has 2 fully saturated rings. The minimum atomic E-state index is -0.516. The van der Waals surface area contributed by atoms with Crippen LogP contribution in [0.1, 0.15) is 35.6 Å². The van der Waals surface area contributed by atoms with Gasteiger partial charge in [-0.25, -0.2) is 14.8 Å². The van der Waals surface area contributed by atoms with E-state index >= 15 is 0 Å². The molecule has 2 unspecified atom stereocenters. The molecule has 1 aromatic heterocycles. The number of hydrogen-bond donors (Lipinski definition) is 1. The summed E-state index contributed by atoms with van der Waals surface area (Å²) in [7, 11) is 1.33. The number of carbonyl (C=O) groups excluding carboxylic acids is 1. The van der Waals surface area contributed by atoms with Gasteiger partial charge in [0.2, 0.25) is 5.82 Å². The van der Waals surface area contributed by atoms with E-state index in [9.17, 15) is 4.79 Å². The maximum atomic E-state index is 11.5. The number of rotatable bonds is 4. The predicted octanol–water partition coefficient (Wildman–Crippen LogP) is 1.55. The molecule has 2 heterocycles. The lowest BCUT2D eigenvalue weighted by Gasteiger charge is -2.20. The number of carbonyl (C=O) groups is 1. The summed E-state index contributed by atoms with van der Waals surface area (Å²) in [5.74, 6) is 0.923. The molecular formula is C14H19N3O3. The highest BCUT2D eigenvalue weighted by atomic mass is 16.5. The van der Waals surface area contributed by atoms with Gasteiger partial charge in [-0.15, -0.1) is 0 Å². The average Bonchev–Trinajstić information content (AvgIpc) is 3.18. The van der Waals surface area contributed by atoms with Crippen molar-refractivity contribution in [2.45, 2.75) is 38.3 Å². The minimum Gasteiger partial charge on any atom is -0.463 e. The summed E-state index contributed by atoms with van der Waals surface area (Å²) in [6.07, 6.45) is 3.74. The van der Waals surface area contributed by atoms with Gasteiger partial charge in [-0.05, 0) is 32.1 Å². The molecule has 2 aliphatic rings. The molecule has 3 rings (SSSR count). The lowest BCUT2D eigenvalue weighted by molar-refractivity contribution is 0.0586. The fraction of sp³-hybridized carbons (Fsp3) is 0.643. The van der Waals surface area contributed by atoms with Gasteiger partial charge in [0.05, 0.1) is 19.3 Å². The van der Waals surface area contributed by atoms with Crippen molar-refractivity contribution >= 4 is 11.8 Å². The number of ether oxygens (including phenoxy) is 2. The van der Waals surface area contributed by atoms with E-state index in [4.69, 9.17) is 4.74 Å². The number of anilines is 1. The van der Waals surface area contributed by atoms with E-state index in [1.54, 1.807) is 0 Å². The lowest BCUT2D eigenvalue weighted by atomic mass is 10.1. The Morgan fingerprint density at radius 1 is 1.40 bits per heavy atom. The Bertz CT molecular complexity index is 516. The van der Waals surface area contributed by atoms with E-state index in [-0.39, 0.29) is 18.0 Å². The molecule has 20 heavy (non-hydrogen) atoms. The van der Waals surface area contributed by atoms with Gasteiger partial charge in [0.1, 0.15) is 5.82 Å². The Labute approximate surface area is 117 Å². The molecule has 0 radical (unpaired) electrons. The van der Waals surface area contributed by atoms with E-state index in [0.29, 0.717) is 11.7 Å². The molecule has 1 saturated carbocycles. The van der Waals surface area contributed by atoms with Gasteiger partial charge < -0.3 is 14.8 Å². The smallest absolute Gasteiger partial charge is 0.376 e. The van der Waals surface area contributed by atoms with E-state index in [0.717, 1.165) is 18.7 Å².